The Labute approximate surface area is 116 Å². The number of nitrogens with zero attached hydrogens (tertiary/aromatic N) is 1. The number of nitrogens with one attached hydrogen (secondary N) is 1. The van der Waals surface area contributed by atoms with Gasteiger partial charge in [0.2, 0.25) is 5.82 Å². The topological polar surface area (TPSA) is 73.6 Å². The lowest BCUT2D eigenvalue weighted by Crippen LogP contribution is -2.42. The molecule has 20 heavy (non-hydrogen) atoms. The summed E-state index contributed by atoms with van der Waals surface area (Å²) in [5, 5.41) is 13.7. The molecular formula is C13H17FN2O4. The van der Waals surface area contributed by atoms with Crippen molar-refractivity contribution in [2.45, 2.75) is 18.6 Å². The smallest absolute Gasteiger partial charge is 0.305 e. The molecule has 0 aliphatic carbocycles. The molecule has 1 aliphatic heterocycles. The van der Waals surface area contributed by atoms with Gasteiger partial charge in [0.05, 0.1) is 11.5 Å². The van der Waals surface area contributed by atoms with Gasteiger partial charge < -0.3 is 14.8 Å². The van der Waals surface area contributed by atoms with Crippen LogP contribution in [-0.2, 0) is 16.0 Å². The Kier molecular flexibility index (Phi) is 4.64. The molecule has 6 nitrogen and oxygen atoms in total. The van der Waals surface area contributed by atoms with Gasteiger partial charge in [0.1, 0.15) is 5.60 Å². The van der Waals surface area contributed by atoms with Gasteiger partial charge in [-0.2, -0.15) is 4.39 Å². The molecule has 1 aliphatic rings. The zero-order valence-electron chi connectivity index (χ0n) is 11.2. The van der Waals surface area contributed by atoms with E-state index >= 15 is 0 Å². The van der Waals surface area contributed by atoms with E-state index in [1.165, 1.54) is 12.1 Å². The van der Waals surface area contributed by atoms with Crippen LogP contribution in [-0.4, -0.2) is 37.4 Å². The van der Waals surface area contributed by atoms with Crippen LogP contribution in [0.1, 0.15) is 12.0 Å². The van der Waals surface area contributed by atoms with E-state index in [2.05, 4.69) is 5.32 Å². The highest BCUT2D eigenvalue weighted by Gasteiger charge is 2.34. The Morgan fingerprint density at radius 2 is 2.40 bits per heavy atom. The van der Waals surface area contributed by atoms with Crippen LogP contribution in [0.4, 0.5) is 10.1 Å². The van der Waals surface area contributed by atoms with E-state index in [1.54, 1.807) is 7.11 Å². The number of ether oxygens (including phenoxy) is 2. The second-order valence-corrected chi connectivity index (χ2v) is 4.80. The first-order chi connectivity index (χ1) is 9.58. The van der Waals surface area contributed by atoms with Crippen molar-refractivity contribution in [1.82, 2.24) is 5.32 Å². The Morgan fingerprint density at radius 1 is 1.60 bits per heavy atom. The van der Waals surface area contributed by atoms with Gasteiger partial charge in [0.25, 0.3) is 0 Å². The first-order valence-corrected chi connectivity index (χ1v) is 6.33. The molecule has 0 spiro atoms. The highest BCUT2D eigenvalue weighted by atomic mass is 19.1. The second-order valence-electron chi connectivity index (χ2n) is 4.80. The van der Waals surface area contributed by atoms with Gasteiger partial charge in [0, 0.05) is 44.9 Å². The first kappa shape index (κ1) is 14.8. The largest absolute Gasteiger partial charge is 0.378 e. The standard InChI is InChI=1S/C13H17FN2O4/c1-19-13(5-6-20-9-13)8-15-7-10-3-2-4-11(12(10)14)16(17)18/h2-4,15H,5-9H2,1H3. The zero-order chi connectivity index (χ0) is 14.6. The number of methoxy groups -OCH3 is 1. The van der Waals surface area contributed by atoms with Crippen molar-refractivity contribution in [2.24, 2.45) is 0 Å². The monoisotopic (exact) mass is 284 g/mol. The van der Waals surface area contributed by atoms with Gasteiger partial charge >= 0.3 is 5.69 Å². The molecular weight excluding hydrogens is 267 g/mol. The molecule has 0 bridgehead atoms. The van der Waals surface area contributed by atoms with Gasteiger partial charge in [0.15, 0.2) is 0 Å². The summed E-state index contributed by atoms with van der Waals surface area (Å²) in [6.45, 7) is 1.85. The number of nitro groups is 1. The minimum absolute atomic E-state index is 0.207. The number of rotatable bonds is 6. The molecule has 1 aromatic rings. The van der Waals surface area contributed by atoms with Gasteiger partial charge in [-0.3, -0.25) is 10.1 Å². The average Bonchev–Trinajstić information content (AvgIpc) is 2.90. The number of benzene rings is 1. The van der Waals surface area contributed by atoms with Gasteiger partial charge in [-0.25, -0.2) is 0 Å². The fourth-order valence-electron chi connectivity index (χ4n) is 2.23. The van der Waals surface area contributed by atoms with Crippen LogP contribution < -0.4 is 5.32 Å². The van der Waals surface area contributed by atoms with Crippen molar-refractivity contribution in [3.8, 4) is 0 Å². The van der Waals surface area contributed by atoms with Crippen molar-refractivity contribution >= 4 is 5.69 Å². The lowest BCUT2D eigenvalue weighted by molar-refractivity contribution is -0.387. The Morgan fingerprint density at radius 3 is 3.00 bits per heavy atom. The summed E-state index contributed by atoms with van der Waals surface area (Å²) < 4.78 is 24.6. The van der Waals surface area contributed by atoms with E-state index in [0.717, 1.165) is 12.5 Å². The molecule has 110 valence electrons. The Bertz CT molecular complexity index is 489. The molecule has 0 amide bonds. The van der Waals surface area contributed by atoms with Crippen molar-refractivity contribution in [1.29, 1.82) is 0 Å². The van der Waals surface area contributed by atoms with Crippen LogP contribution in [0, 0.1) is 15.9 Å². The average molecular weight is 284 g/mol. The molecule has 0 saturated carbocycles. The summed E-state index contributed by atoms with van der Waals surface area (Å²) in [5.74, 6) is -0.792. The SMILES string of the molecule is COC1(CNCc2cccc([N+](=O)[O-])c2F)CCOC1. The maximum Gasteiger partial charge on any atom is 0.305 e. The molecule has 1 unspecified atom stereocenters. The molecule has 0 radical (unpaired) electrons. The van der Waals surface area contributed by atoms with Crippen LogP contribution in [0.25, 0.3) is 0 Å². The molecule has 1 aromatic carbocycles. The van der Waals surface area contributed by atoms with Crippen molar-refractivity contribution in [3.05, 3.63) is 39.7 Å². The van der Waals surface area contributed by atoms with Gasteiger partial charge in [-0.05, 0) is 0 Å². The Hall–Kier alpha value is -1.57. The fourth-order valence-corrected chi connectivity index (χ4v) is 2.23. The summed E-state index contributed by atoms with van der Waals surface area (Å²) >= 11 is 0. The van der Waals surface area contributed by atoms with Gasteiger partial charge in [-0.15, -0.1) is 0 Å². The predicted molar refractivity (Wildman–Crippen MR) is 69.9 cm³/mol. The quantitative estimate of drug-likeness (QED) is 0.635. The van der Waals surface area contributed by atoms with Gasteiger partial charge in [-0.1, -0.05) is 12.1 Å². The van der Waals surface area contributed by atoms with E-state index in [4.69, 9.17) is 9.47 Å². The third-order valence-corrected chi connectivity index (χ3v) is 3.52. The fraction of sp³-hybridized carbons (Fsp3) is 0.538. The van der Waals surface area contributed by atoms with Crippen molar-refractivity contribution in [3.63, 3.8) is 0 Å². The minimum atomic E-state index is -0.792. The number of hydrogen-bond donors (Lipinski definition) is 1. The van der Waals surface area contributed by atoms with Crippen LogP contribution >= 0.6 is 0 Å². The van der Waals surface area contributed by atoms with Crippen LogP contribution in [0.2, 0.25) is 0 Å². The maximum absolute atomic E-state index is 13.9. The molecule has 1 atom stereocenters. The zero-order valence-corrected chi connectivity index (χ0v) is 11.2. The number of hydrogen-bond acceptors (Lipinski definition) is 5. The molecule has 7 heteroatoms. The van der Waals surface area contributed by atoms with E-state index in [9.17, 15) is 14.5 Å². The van der Waals surface area contributed by atoms with Crippen LogP contribution in [0.5, 0.6) is 0 Å². The lowest BCUT2D eigenvalue weighted by atomic mass is 10.0. The molecule has 1 fully saturated rings. The second kappa shape index (κ2) is 6.25. The minimum Gasteiger partial charge on any atom is -0.378 e. The van der Waals surface area contributed by atoms with Crippen LogP contribution in [0.3, 0.4) is 0 Å². The third-order valence-electron chi connectivity index (χ3n) is 3.52. The molecule has 0 aromatic heterocycles. The summed E-state index contributed by atoms with van der Waals surface area (Å²) in [5.41, 5.74) is -0.628. The summed E-state index contributed by atoms with van der Waals surface area (Å²) in [7, 11) is 1.62. The first-order valence-electron chi connectivity index (χ1n) is 6.33. The molecule has 2 rings (SSSR count). The maximum atomic E-state index is 13.9. The van der Waals surface area contributed by atoms with E-state index < -0.39 is 22.0 Å². The highest BCUT2D eigenvalue weighted by Crippen LogP contribution is 2.23. The molecule has 1 heterocycles. The van der Waals surface area contributed by atoms with E-state index in [1.807, 2.05) is 0 Å². The summed E-state index contributed by atoms with van der Waals surface area (Å²) in [4.78, 5) is 9.94. The van der Waals surface area contributed by atoms with Crippen LogP contribution in [0.15, 0.2) is 18.2 Å². The van der Waals surface area contributed by atoms with E-state index in [-0.39, 0.29) is 12.1 Å². The molecule has 1 saturated heterocycles. The highest BCUT2D eigenvalue weighted by molar-refractivity contribution is 5.36. The Balaban J connectivity index is 1.97. The summed E-state index contributed by atoms with van der Waals surface area (Å²) in [6.07, 6.45) is 0.772. The normalized spacial score (nSPS) is 22.1. The summed E-state index contributed by atoms with van der Waals surface area (Å²) in [6, 6.07) is 4.16. The molecule has 1 N–H and O–H groups in total. The lowest BCUT2D eigenvalue weighted by Gasteiger charge is -2.26. The van der Waals surface area contributed by atoms with Crippen molar-refractivity contribution < 1.29 is 18.8 Å². The predicted octanol–water partition coefficient (Wildman–Crippen LogP) is 1.63. The van der Waals surface area contributed by atoms with Crippen molar-refractivity contribution in [2.75, 3.05) is 26.9 Å². The number of halogens is 1. The number of nitro benzene ring substituents is 1. The third kappa shape index (κ3) is 3.12. The van der Waals surface area contributed by atoms with E-state index in [0.29, 0.717) is 19.8 Å².